The lowest BCUT2D eigenvalue weighted by Gasteiger charge is -2.10. The zero-order valence-corrected chi connectivity index (χ0v) is 13.0. The first-order valence-electron chi connectivity index (χ1n) is 5.62. The van der Waals surface area contributed by atoms with Gasteiger partial charge in [-0.3, -0.25) is 4.72 Å². The Labute approximate surface area is 130 Å². The van der Waals surface area contributed by atoms with Crippen molar-refractivity contribution in [3.63, 3.8) is 0 Å². The number of H-pyrrole nitrogens is 1. The molecule has 0 bridgehead atoms. The summed E-state index contributed by atoms with van der Waals surface area (Å²) in [5.74, 6) is -1.29. The maximum absolute atomic E-state index is 12.3. The average molecular weight is 349 g/mol. The predicted molar refractivity (Wildman–Crippen MR) is 79.8 cm³/mol. The molecule has 0 aliphatic rings. The van der Waals surface area contributed by atoms with E-state index in [1.807, 2.05) is 0 Å². The van der Waals surface area contributed by atoms with Gasteiger partial charge in [-0.1, -0.05) is 29.3 Å². The summed E-state index contributed by atoms with van der Waals surface area (Å²) < 4.78 is 26.9. The van der Waals surface area contributed by atoms with Gasteiger partial charge in [0.25, 0.3) is 10.0 Å². The topological polar surface area (TPSA) is 99.3 Å². The number of aryl methyl sites for hydroxylation is 1. The minimum absolute atomic E-state index is 0.0564. The molecule has 6 nitrogen and oxygen atoms in total. The fourth-order valence-electron chi connectivity index (χ4n) is 1.77. The van der Waals surface area contributed by atoms with E-state index in [1.54, 1.807) is 6.92 Å². The monoisotopic (exact) mass is 348 g/mol. The molecular weight excluding hydrogens is 339 g/mol. The molecular formula is C12H10Cl2N2O4S. The Hall–Kier alpha value is -1.70. The van der Waals surface area contributed by atoms with Crippen LogP contribution in [0.2, 0.25) is 10.0 Å². The summed E-state index contributed by atoms with van der Waals surface area (Å²) >= 11 is 11.7. The van der Waals surface area contributed by atoms with E-state index in [0.29, 0.717) is 5.69 Å². The van der Waals surface area contributed by atoms with Gasteiger partial charge in [0.15, 0.2) is 0 Å². The van der Waals surface area contributed by atoms with Crippen molar-refractivity contribution < 1.29 is 18.3 Å². The molecule has 0 radical (unpaired) electrons. The summed E-state index contributed by atoms with van der Waals surface area (Å²) in [6, 6.07) is 5.63. The van der Waals surface area contributed by atoms with Crippen LogP contribution in [0.15, 0.2) is 29.2 Å². The number of benzene rings is 1. The Kier molecular flexibility index (Phi) is 4.18. The molecule has 1 aromatic heterocycles. The van der Waals surface area contributed by atoms with Crippen LogP contribution in [-0.4, -0.2) is 24.5 Å². The molecule has 0 saturated heterocycles. The van der Waals surface area contributed by atoms with Gasteiger partial charge < -0.3 is 10.1 Å². The van der Waals surface area contributed by atoms with Crippen LogP contribution in [0.1, 0.15) is 16.2 Å². The van der Waals surface area contributed by atoms with Crippen molar-refractivity contribution in [3.05, 3.63) is 45.7 Å². The van der Waals surface area contributed by atoms with Gasteiger partial charge in [0.05, 0.1) is 15.7 Å². The van der Waals surface area contributed by atoms with Crippen molar-refractivity contribution in [2.75, 3.05) is 4.72 Å². The largest absolute Gasteiger partial charge is 0.477 e. The molecule has 2 aromatic rings. The molecule has 0 spiro atoms. The summed E-state index contributed by atoms with van der Waals surface area (Å²) in [5, 5.41) is 8.92. The number of aromatic carboxylic acids is 1. The number of nitrogens with one attached hydrogen (secondary N) is 2. The highest BCUT2D eigenvalue weighted by molar-refractivity contribution is 7.93. The number of hydrogen-bond donors (Lipinski definition) is 3. The van der Waals surface area contributed by atoms with E-state index < -0.39 is 16.0 Å². The van der Waals surface area contributed by atoms with Crippen molar-refractivity contribution in [3.8, 4) is 0 Å². The minimum atomic E-state index is -4.11. The number of halogens is 2. The summed E-state index contributed by atoms with van der Waals surface area (Å²) in [7, 11) is -4.11. The Morgan fingerprint density at radius 3 is 2.38 bits per heavy atom. The zero-order valence-electron chi connectivity index (χ0n) is 10.6. The highest BCUT2D eigenvalue weighted by Crippen LogP contribution is 2.31. The third kappa shape index (κ3) is 3.15. The van der Waals surface area contributed by atoms with Gasteiger partial charge in [0.2, 0.25) is 0 Å². The molecule has 2 rings (SSSR count). The van der Waals surface area contributed by atoms with Gasteiger partial charge in [0, 0.05) is 5.69 Å². The third-order valence-corrected chi connectivity index (χ3v) is 4.92. The zero-order chi connectivity index (χ0) is 15.8. The summed E-state index contributed by atoms with van der Waals surface area (Å²) in [6.45, 7) is 1.60. The Morgan fingerprint density at radius 1 is 1.29 bits per heavy atom. The SMILES string of the molecule is Cc1cc(NS(=O)(=O)c2c(Cl)cccc2Cl)c(C(=O)O)[nH]1. The van der Waals surface area contributed by atoms with Crippen LogP contribution in [0.25, 0.3) is 0 Å². The standard InChI is InChI=1S/C12H10Cl2N2O4S/c1-6-5-9(10(15-6)12(17)18)16-21(19,20)11-7(13)3-2-4-8(11)14/h2-5,15-16H,1H3,(H,17,18). The molecule has 0 amide bonds. The van der Waals surface area contributed by atoms with Gasteiger partial charge in [-0.25, -0.2) is 13.2 Å². The van der Waals surface area contributed by atoms with Crippen molar-refractivity contribution in [2.24, 2.45) is 0 Å². The van der Waals surface area contributed by atoms with Crippen molar-refractivity contribution in [1.29, 1.82) is 0 Å². The van der Waals surface area contributed by atoms with Gasteiger partial charge in [0.1, 0.15) is 10.6 Å². The van der Waals surface area contributed by atoms with Crippen LogP contribution in [0.5, 0.6) is 0 Å². The van der Waals surface area contributed by atoms with Crippen molar-refractivity contribution in [2.45, 2.75) is 11.8 Å². The maximum atomic E-state index is 12.3. The van der Waals surface area contributed by atoms with Crippen LogP contribution in [0.3, 0.4) is 0 Å². The molecule has 0 aliphatic heterocycles. The van der Waals surface area contributed by atoms with E-state index in [1.165, 1.54) is 24.3 Å². The third-order valence-electron chi connectivity index (χ3n) is 2.60. The molecule has 9 heteroatoms. The Morgan fingerprint density at radius 2 is 1.86 bits per heavy atom. The predicted octanol–water partition coefficient (Wildman–Crippen LogP) is 3.13. The van der Waals surface area contributed by atoms with Crippen LogP contribution in [0.4, 0.5) is 5.69 Å². The van der Waals surface area contributed by atoms with Gasteiger partial charge >= 0.3 is 5.97 Å². The molecule has 0 aliphatic carbocycles. The number of carboxylic acid groups (broad SMARTS) is 1. The number of aromatic nitrogens is 1. The highest BCUT2D eigenvalue weighted by atomic mass is 35.5. The molecule has 0 fully saturated rings. The summed E-state index contributed by atoms with van der Waals surface area (Å²) in [6.07, 6.45) is 0. The van der Waals surface area contributed by atoms with Crippen molar-refractivity contribution >= 4 is 44.9 Å². The summed E-state index contributed by atoms with van der Waals surface area (Å²) in [5.41, 5.74) is 0.144. The normalized spacial score (nSPS) is 11.4. The van der Waals surface area contributed by atoms with Gasteiger partial charge in [-0.15, -0.1) is 0 Å². The van der Waals surface area contributed by atoms with E-state index in [-0.39, 0.29) is 26.3 Å². The molecule has 0 atom stereocenters. The molecule has 21 heavy (non-hydrogen) atoms. The van der Waals surface area contributed by atoms with E-state index in [0.717, 1.165) is 0 Å². The van der Waals surface area contributed by atoms with E-state index in [4.69, 9.17) is 28.3 Å². The maximum Gasteiger partial charge on any atom is 0.354 e. The fraction of sp³-hybridized carbons (Fsp3) is 0.0833. The number of carboxylic acids is 1. The number of sulfonamides is 1. The minimum Gasteiger partial charge on any atom is -0.477 e. The number of aromatic amines is 1. The smallest absolute Gasteiger partial charge is 0.354 e. The lowest BCUT2D eigenvalue weighted by molar-refractivity contribution is 0.0692. The van der Waals surface area contributed by atoms with E-state index in [2.05, 4.69) is 9.71 Å². The Bertz CT molecular complexity index is 794. The second-order valence-corrected chi connectivity index (χ2v) is 6.64. The van der Waals surface area contributed by atoms with Crippen LogP contribution in [-0.2, 0) is 10.0 Å². The van der Waals surface area contributed by atoms with Crippen LogP contribution >= 0.6 is 23.2 Å². The molecule has 1 heterocycles. The fourth-order valence-corrected chi connectivity index (χ4v) is 3.98. The molecule has 0 saturated carbocycles. The molecule has 112 valence electrons. The van der Waals surface area contributed by atoms with Gasteiger partial charge in [-0.05, 0) is 25.1 Å². The molecule has 1 aromatic carbocycles. The van der Waals surface area contributed by atoms with E-state index in [9.17, 15) is 13.2 Å². The lowest BCUT2D eigenvalue weighted by Crippen LogP contribution is -2.15. The second-order valence-electron chi connectivity index (χ2n) is 4.20. The Balaban J connectivity index is 2.50. The lowest BCUT2D eigenvalue weighted by atomic mass is 10.4. The first-order chi connectivity index (χ1) is 9.72. The van der Waals surface area contributed by atoms with E-state index >= 15 is 0 Å². The quantitative estimate of drug-likeness (QED) is 0.790. The highest BCUT2D eigenvalue weighted by Gasteiger charge is 2.24. The van der Waals surface area contributed by atoms with Crippen LogP contribution < -0.4 is 4.72 Å². The number of rotatable bonds is 4. The summed E-state index contributed by atoms with van der Waals surface area (Å²) in [4.78, 5) is 13.3. The first-order valence-corrected chi connectivity index (χ1v) is 7.86. The average Bonchev–Trinajstić information content (AvgIpc) is 2.68. The number of carbonyl (C=O) groups is 1. The van der Waals surface area contributed by atoms with Crippen LogP contribution in [0, 0.1) is 6.92 Å². The van der Waals surface area contributed by atoms with Crippen molar-refractivity contribution in [1.82, 2.24) is 4.98 Å². The second kappa shape index (κ2) is 5.59. The number of hydrogen-bond acceptors (Lipinski definition) is 3. The molecule has 3 N–H and O–H groups in total. The molecule has 0 unspecified atom stereocenters. The van der Waals surface area contributed by atoms with Gasteiger partial charge in [-0.2, -0.15) is 0 Å². The first kappa shape index (κ1) is 15.7. The number of anilines is 1.